The van der Waals surface area contributed by atoms with Crippen molar-refractivity contribution < 1.29 is 9.59 Å². The number of nitrogens with zero attached hydrogens (tertiary/aromatic N) is 1. The van der Waals surface area contributed by atoms with E-state index in [9.17, 15) is 9.59 Å². The van der Waals surface area contributed by atoms with E-state index in [4.69, 9.17) is 11.6 Å². The standard InChI is InChI=1S/C15H14ClN3O2S/c16-10-3-1-2-9(4-10)5-12-14(20)19-13(15(21)18-12)6-11-7-17-8-22-11/h1-4,7-8,12-13H,5-6H2,(H,18,21)(H,19,20). The Morgan fingerprint density at radius 2 is 1.86 bits per heavy atom. The van der Waals surface area contributed by atoms with Crippen molar-refractivity contribution in [3.8, 4) is 0 Å². The summed E-state index contributed by atoms with van der Waals surface area (Å²) in [5.41, 5.74) is 2.62. The highest BCUT2D eigenvalue weighted by molar-refractivity contribution is 7.09. The average Bonchev–Trinajstić information content (AvgIpc) is 2.97. The van der Waals surface area contributed by atoms with E-state index < -0.39 is 12.1 Å². The Morgan fingerprint density at radius 1 is 1.14 bits per heavy atom. The zero-order chi connectivity index (χ0) is 15.5. The predicted octanol–water partition coefficient (Wildman–Crippen LogP) is 1.56. The molecule has 0 radical (unpaired) electrons. The van der Waals surface area contributed by atoms with Gasteiger partial charge in [-0.15, -0.1) is 11.3 Å². The molecule has 1 aliphatic heterocycles. The van der Waals surface area contributed by atoms with Crippen molar-refractivity contribution in [2.24, 2.45) is 0 Å². The van der Waals surface area contributed by atoms with Gasteiger partial charge in [-0.1, -0.05) is 23.7 Å². The van der Waals surface area contributed by atoms with Crippen molar-refractivity contribution in [1.29, 1.82) is 0 Å². The smallest absolute Gasteiger partial charge is 0.243 e. The van der Waals surface area contributed by atoms with Gasteiger partial charge in [-0.05, 0) is 17.7 Å². The number of rotatable bonds is 4. The number of halogens is 1. The highest BCUT2D eigenvalue weighted by Gasteiger charge is 2.33. The molecule has 2 N–H and O–H groups in total. The van der Waals surface area contributed by atoms with Gasteiger partial charge < -0.3 is 10.6 Å². The van der Waals surface area contributed by atoms with Crippen LogP contribution >= 0.6 is 22.9 Å². The van der Waals surface area contributed by atoms with Gasteiger partial charge in [0.15, 0.2) is 0 Å². The number of hydrogen-bond acceptors (Lipinski definition) is 4. The molecule has 0 spiro atoms. The molecule has 0 aliphatic carbocycles. The molecule has 1 aromatic carbocycles. The van der Waals surface area contributed by atoms with Crippen LogP contribution in [-0.4, -0.2) is 28.9 Å². The lowest BCUT2D eigenvalue weighted by Gasteiger charge is -2.29. The summed E-state index contributed by atoms with van der Waals surface area (Å²) >= 11 is 7.41. The van der Waals surface area contributed by atoms with Crippen LogP contribution < -0.4 is 10.6 Å². The molecule has 1 saturated heterocycles. The van der Waals surface area contributed by atoms with E-state index in [2.05, 4.69) is 15.6 Å². The first kappa shape index (κ1) is 15.0. The first-order valence-corrected chi connectivity index (χ1v) is 8.10. The summed E-state index contributed by atoms with van der Waals surface area (Å²) in [5, 5.41) is 6.19. The van der Waals surface area contributed by atoms with Crippen molar-refractivity contribution >= 4 is 34.8 Å². The summed E-state index contributed by atoms with van der Waals surface area (Å²) in [5.74, 6) is -0.339. The van der Waals surface area contributed by atoms with Gasteiger partial charge in [0.2, 0.25) is 11.8 Å². The van der Waals surface area contributed by atoms with Gasteiger partial charge in [-0.2, -0.15) is 0 Å². The molecule has 7 heteroatoms. The van der Waals surface area contributed by atoms with Crippen molar-refractivity contribution in [3.63, 3.8) is 0 Å². The number of aromatic nitrogens is 1. The topological polar surface area (TPSA) is 71.1 Å². The molecular formula is C15H14ClN3O2S. The van der Waals surface area contributed by atoms with E-state index in [-0.39, 0.29) is 11.8 Å². The fourth-order valence-corrected chi connectivity index (χ4v) is 3.26. The highest BCUT2D eigenvalue weighted by Crippen LogP contribution is 2.15. The minimum atomic E-state index is -0.566. The molecule has 2 amide bonds. The average molecular weight is 336 g/mol. The Morgan fingerprint density at radius 3 is 2.50 bits per heavy atom. The van der Waals surface area contributed by atoms with E-state index in [1.165, 1.54) is 11.3 Å². The maximum Gasteiger partial charge on any atom is 0.243 e. The highest BCUT2D eigenvalue weighted by atomic mass is 35.5. The molecule has 114 valence electrons. The van der Waals surface area contributed by atoms with Crippen LogP contribution in [0.2, 0.25) is 5.02 Å². The molecule has 22 heavy (non-hydrogen) atoms. The zero-order valence-electron chi connectivity index (χ0n) is 11.6. The molecule has 2 aromatic rings. The maximum atomic E-state index is 12.2. The fourth-order valence-electron chi connectivity index (χ4n) is 2.41. The summed E-state index contributed by atoms with van der Waals surface area (Å²) in [4.78, 5) is 29.3. The van der Waals surface area contributed by atoms with E-state index in [1.807, 2.05) is 12.1 Å². The largest absolute Gasteiger partial charge is 0.342 e. The number of carbonyl (C=O) groups is 2. The minimum Gasteiger partial charge on any atom is -0.342 e. The molecule has 1 aromatic heterocycles. The van der Waals surface area contributed by atoms with Crippen LogP contribution in [0.15, 0.2) is 36.0 Å². The van der Waals surface area contributed by atoms with Crippen molar-refractivity contribution in [3.05, 3.63) is 51.4 Å². The van der Waals surface area contributed by atoms with Crippen LogP contribution in [0, 0.1) is 0 Å². The molecule has 0 saturated carbocycles. The summed E-state index contributed by atoms with van der Waals surface area (Å²) in [6.07, 6.45) is 2.60. The Kier molecular flexibility index (Phi) is 4.40. The predicted molar refractivity (Wildman–Crippen MR) is 84.8 cm³/mol. The summed E-state index contributed by atoms with van der Waals surface area (Å²) in [6, 6.07) is 6.17. The van der Waals surface area contributed by atoms with Crippen molar-refractivity contribution in [2.45, 2.75) is 24.9 Å². The molecule has 1 fully saturated rings. The Hall–Kier alpha value is -1.92. The van der Waals surface area contributed by atoms with Crippen LogP contribution in [0.4, 0.5) is 0 Å². The number of thiazole rings is 1. The van der Waals surface area contributed by atoms with Gasteiger partial charge in [0.1, 0.15) is 12.1 Å². The lowest BCUT2D eigenvalue weighted by molar-refractivity contribution is -0.136. The molecule has 1 aliphatic rings. The second-order valence-corrected chi connectivity index (χ2v) is 6.54. The van der Waals surface area contributed by atoms with E-state index in [0.29, 0.717) is 17.9 Å². The van der Waals surface area contributed by atoms with E-state index in [1.54, 1.807) is 23.8 Å². The molecule has 5 nitrogen and oxygen atoms in total. The van der Waals surface area contributed by atoms with Gasteiger partial charge in [0.25, 0.3) is 0 Å². The number of piperazine rings is 1. The number of carbonyl (C=O) groups excluding carboxylic acids is 2. The van der Waals surface area contributed by atoms with Crippen LogP contribution in [0.5, 0.6) is 0 Å². The molecule has 2 heterocycles. The summed E-state index contributed by atoms with van der Waals surface area (Å²) < 4.78 is 0. The number of hydrogen-bond donors (Lipinski definition) is 2. The first-order chi connectivity index (χ1) is 10.6. The third-order valence-electron chi connectivity index (χ3n) is 3.48. The third kappa shape index (κ3) is 3.45. The monoisotopic (exact) mass is 335 g/mol. The fraction of sp³-hybridized carbons (Fsp3) is 0.267. The Balaban J connectivity index is 1.65. The summed E-state index contributed by atoms with van der Waals surface area (Å²) in [7, 11) is 0. The van der Waals surface area contributed by atoms with Gasteiger partial charge in [0.05, 0.1) is 5.51 Å². The minimum absolute atomic E-state index is 0.167. The third-order valence-corrected chi connectivity index (χ3v) is 4.52. The molecule has 2 atom stereocenters. The van der Waals surface area contributed by atoms with Gasteiger partial charge in [-0.25, -0.2) is 0 Å². The van der Waals surface area contributed by atoms with Crippen LogP contribution in [0.1, 0.15) is 10.4 Å². The maximum absolute atomic E-state index is 12.2. The van der Waals surface area contributed by atoms with E-state index >= 15 is 0 Å². The van der Waals surface area contributed by atoms with Crippen LogP contribution in [0.25, 0.3) is 0 Å². The van der Waals surface area contributed by atoms with Crippen molar-refractivity contribution in [1.82, 2.24) is 15.6 Å². The molecule has 3 rings (SSSR count). The van der Waals surface area contributed by atoms with Gasteiger partial charge in [0, 0.05) is 28.9 Å². The molecular weight excluding hydrogens is 322 g/mol. The van der Waals surface area contributed by atoms with Crippen LogP contribution in [0.3, 0.4) is 0 Å². The Bertz CT molecular complexity index is 690. The zero-order valence-corrected chi connectivity index (χ0v) is 13.2. The van der Waals surface area contributed by atoms with Gasteiger partial charge >= 0.3 is 0 Å². The Labute approximate surface area is 136 Å². The summed E-state index contributed by atoms with van der Waals surface area (Å²) in [6.45, 7) is 0. The second kappa shape index (κ2) is 6.46. The van der Waals surface area contributed by atoms with Crippen molar-refractivity contribution in [2.75, 3.05) is 0 Å². The number of benzene rings is 1. The SMILES string of the molecule is O=C1NC(Cc2cncs2)C(=O)NC1Cc1cccc(Cl)c1. The number of amides is 2. The number of nitrogens with one attached hydrogen (secondary N) is 2. The quantitative estimate of drug-likeness (QED) is 0.891. The van der Waals surface area contributed by atoms with Gasteiger partial charge in [-0.3, -0.25) is 14.6 Å². The normalized spacial score (nSPS) is 21.3. The first-order valence-electron chi connectivity index (χ1n) is 6.84. The second-order valence-electron chi connectivity index (χ2n) is 5.13. The van der Waals surface area contributed by atoms with Crippen LogP contribution in [-0.2, 0) is 22.4 Å². The molecule has 0 bridgehead atoms. The van der Waals surface area contributed by atoms with E-state index in [0.717, 1.165) is 10.4 Å². The lowest BCUT2D eigenvalue weighted by Crippen LogP contribution is -2.62. The lowest BCUT2D eigenvalue weighted by atomic mass is 10.0. The molecule has 2 unspecified atom stereocenters.